The maximum atomic E-state index is 13.3. The minimum absolute atomic E-state index is 0.0376. The number of rotatable bonds is 7. The van der Waals surface area contributed by atoms with E-state index in [1.165, 1.54) is 18.5 Å². The summed E-state index contributed by atoms with van der Waals surface area (Å²) in [6.07, 6.45) is 0.144. The molecule has 2 heterocycles. The third-order valence-electron chi connectivity index (χ3n) is 6.78. The molecule has 1 aromatic carbocycles. The molecule has 4 rings (SSSR count). The van der Waals surface area contributed by atoms with Gasteiger partial charge in [0.15, 0.2) is 0 Å². The molecule has 1 aliphatic heterocycles. The number of nitro benzene ring substituents is 1. The van der Waals surface area contributed by atoms with Crippen LogP contribution in [0.25, 0.3) is 0 Å². The molecule has 17 heteroatoms. The van der Waals surface area contributed by atoms with E-state index in [4.69, 9.17) is 4.74 Å². The number of sulfonamides is 1. The van der Waals surface area contributed by atoms with Crippen LogP contribution in [0.5, 0.6) is 5.75 Å². The lowest BCUT2D eigenvalue weighted by molar-refractivity contribution is -0.388. The first-order chi connectivity index (χ1) is 18.6. The number of nitrogens with zero attached hydrogens (tertiary/aromatic N) is 4. The van der Waals surface area contributed by atoms with Gasteiger partial charge >= 0.3 is 21.7 Å². The molecule has 1 N–H and O–H groups in total. The van der Waals surface area contributed by atoms with E-state index in [0.717, 1.165) is 12.1 Å². The van der Waals surface area contributed by atoms with E-state index in [1.807, 2.05) is 0 Å². The highest BCUT2D eigenvalue weighted by Crippen LogP contribution is 2.38. The van der Waals surface area contributed by atoms with Crippen molar-refractivity contribution in [3.05, 3.63) is 52.3 Å². The molecule has 0 unspecified atom stereocenters. The van der Waals surface area contributed by atoms with Crippen LogP contribution in [0.2, 0.25) is 0 Å². The minimum atomic E-state index is -5.39. The first-order valence-corrected chi connectivity index (χ1v) is 13.6. The van der Waals surface area contributed by atoms with Gasteiger partial charge in [0.25, 0.3) is 5.69 Å². The number of alkyl halides is 6. The summed E-state index contributed by atoms with van der Waals surface area (Å²) >= 11 is 0. The standard InChI is InChI=1S/C23H25F6N5O5S/c24-22(25,26)20-11-16(3-6-21(20)34(35)36)31-15-1-4-18(5-2-15)39-19-12-17(13-30-14-19)32-7-9-33(10-8-32)40(37,38)23(27,28)29/h3,6,11-15,18,31H,1-2,4-5,7-10H2. The quantitative estimate of drug-likeness (QED) is 0.275. The fraction of sp³-hybridized carbons (Fsp3) is 0.522. The average molecular weight is 598 g/mol. The summed E-state index contributed by atoms with van der Waals surface area (Å²) in [6, 6.07) is 4.30. The van der Waals surface area contributed by atoms with Gasteiger partial charge in [-0.15, -0.1) is 0 Å². The molecule has 0 bridgehead atoms. The van der Waals surface area contributed by atoms with E-state index < -0.39 is 37.9 Å². The number of halogens is 6. The van der Waals surface area contributed by atoms with Crippen LogP contribution in [0.4, 0.5) is 43.4 Å². The Bertz CT molecular complexity index is 1320. The Labute approximate surface area is 225 Å². The highest BCUT2D eigenvalue weighted by atomic mass is 32.2. The van der Waals surface area contributed by atoms with Gasteiger partial charge in [0.05, 0.1) is 29.1 Å². The van der Waals surface area contributed by atoms with Crippen LogP contribution in [0.1, 0.15) is 31.2 Å². The molecule has 10 nitrogen and oxygen atoms in total. The summed E-state index contributed by atoms with van der Waals surface area (Å²) in [5, 5.41) is 14.0. The zero-order valence-electron chi connectivity index (χ0n) is 20.8. The van der Waals surface area contributed by atoms with Crippen LogP contribution in [0, 0.1) is 10.1 Å². The Balaban J connectivity index is 1.31. The Morgan fingerprint density at radius 3 is 2.20 bits per heavy atom. The van der Waals surface area contributed by atoms with Crippen LogP contribution in [0.15, 0.2) is 36.7 Å². The van der Waals surface area contributed by atoms with E-state index in [1.54, 1.807) is 11.0 Å². The molecule has 1 saturated carbocycles. The summed E-state index contributed by atoms with van der Waals surface area (Å²) in [4.78, 5) is 15.7. The van der Waals surface area contributed by atoms with E-state index >= 15 is 0 Å². The van der Waals surface area contributed by atoms with Crippen LogP contribution < -0.4 is 15.0 Å². The number of nitro groups is 1. The van der Waals surface area contributed by atoms with Gasteiger partial charge in [0.2, 0.25) is 0 Å². The summed E-state index contributed by atoms with van der Waals surface area (Å²) in [7, 11) is -5.39. The van der Waals surface area contributed by atoms with Gasteiger partial charge in [-0.25, -0.2) is 8.42 Å². The number of pyridine rings is 1. The number of hydrogen-bond donors (Lipinski definition) is 1. The van der Waals surface area contributed by atoms with Crippen LogP contribution in [-0.4, -0.2) is 66.5 Å². The van der Waals surface area contributed by atoms with Gasteiger partial charge in [0.1, 0.15) is 11.3 Å². The zero-order chi connectivity index (χ0) is 29.3. The largest absolute Gasteiger partial charge is 0.511 e. The van der Waals surface area contributed by atoms with E-state index in [-0.39, 0.29) is 44.0 Å². The molecular formula is C23H25F6N5O5S. The van der Waals surface area contributed by atoms with Crippen molar-refractivity contribution in [1.82, 2.24) is 9.29 Å². The van der Waals surface area contributed by atoms with Gasteiger partial charge < -0.3 is 15.0 Å². The van der Waals surface area contributed by atoms with Gasteiger partial charge in [-0.3, -0.25) is 15.1 Å². The highest BCUT2D eigenvalue weighted by Gasteiger charge is 2.50. The molecule has 2 aromatic rings. The topological polar surface area (TPSA) is 118 Å². The molecule has 40 heavy (non-hydrogen) atoms. The minimum Gasteiger partial charge on any atom is -0.489 e. The Kier molecular flexibility index (Phi) is 8.35. The predicted octanol–water partition coefficient (Wildman–Crippen LogP) is 4.78. The number of nitrogens with one attached hydrogen (secondary N) is 1. The molecular weight excluding hydrogens is 572 g/mol. The fourth-order valence-electron chi connectivity index (χ4n) is 4.74. The Hall–Kier alpha value is -3.34. The number of ether oxygens (including phenoxy) is 1. The first kappa shape index (κ1) is 29.6. The first-order valence-electron chi connectivity index (χ1n) is 12.2. The average Bonchev–Trinajstić information content (AvgIpc) is 2.89. The number of piperazine rings is 1. The molecule has 0 spiro atoms. The second kappa shape index (κ2) is 11.3. The second-order valence-electron chi connectivity index (χ2n) is 9.44. The van der Waals surface area contributed by atoms with Gasteiger partial charge in [-0.2, -0.15) is 30.6 Å². The molecule has 0 radical (unpaired) electrons. The number of anilines is 2. The van der Waals surface area contributed by atoms with Crippen molar-refractivity contribution >= 4 is 27.1 Å². The monoisotopic (exact) mass is 597 g/mol. The van der Waals surface area contributed by atoms with Crippen LogP contribution in [-0.2, 0) is 16.2 Å². The molecule has 1 aliphatic carbocycles. The van der Waals surface area contributed by atoms with Gasteiger partial charge in [-0.1, -0.05) is 0 Å². The van der Waals surface area contributed by atoms with E-state index in [2.05, 4.69) is 10.3 Å². The molecule has 0 atom stereocenters. The van der Waals surface area contributed by atoms with Crippen LogP contribution >= 0.6 is 0 Å². The summed E-state index contributed by atoms with van der Waals surface area (Å²) in [5.74, 6) is 0.421. The van der Waals surface area contributed by atoms with Crippen molar-refractivity contribution in [1.29, 1.82) is 0 Å². The lowest BCUT2D eigenvalue weighted by atomic mass is 9.92. The molecule has 220 valence electrons. The van der Waals surface area contributed by atoms with Gasteiger partial charge in [0, 0.05) is 50.0 Å². The molecule has 2 fully saturated rings. The van der Waals surface area contributed by atoms with Crippen molar-refractivity contribution < 1.29 is 44.4 Å². The maximum Gasteiger partial charge on any atom is 0.511 e. The number of hydrogen-bond acceptors (Lipinski definition) is 8. The number of benzene rings is 1. The number of aromatic nitrogens is 1. The van der Waals surface area contributed by atoms with Crippen molar-refractivity contribution in [2.45, 2.75) is 49.5 Å². The summed E-state index contributed by atoms with van der Waals surface area (Å²) < 4.78 is 108. The van der Waals surface area contributed by atoms with E-state index in [9.17, 15) is 44.9 Å². The van der Waals surface area contributed by atoms with Crippen molar-refractivity contribution in [2.24, 2.45) is 0 Å². The normalized spacial score (nSPS) is 21.2. The zero-order valence-corrected chi connectivity index (χ0v) is 21.6. The van der Waals surface area contributed by atoms with Crippen molar-refractivity contribution in [3.63, 3.8) is 0 Å². The summed E-state index contributed by atoms with van der Waals surface area (Å²) in [5.41, 5.74) is -7.00. The van der Waals surface area contributed by atoms with E-state index in [0.29, 0.717) is 41.4 Å². The fourth-order valence-corrected chi connectivity index (χ4v) is 5.68. The van der Waals surface area contributed by atoms with Crippen molar-refractivity contribution in [2.75, 3.05) is 36.4 Å². The smallest absolute Gasteiger partial charge is 0.489 e. The maximum absolute atomic E-state index is 13.3. The SMILES string of the molecule is O=[N+]([O-])c1ccc(NC2CCC(Oc3cncc(N4CCN(S(=O)(=O)C(F)(F)F)CC4)c3)CC2)cc1C(F)(F)F. The molecule has 2 aliphatic rings. The lowest BCUT2D eigenvalue weighted by Crippen LogP contribution is -2.52. The predicted molar refractivity (Wildman–Crippen MR) is 131 cm³/mol. The third-order valence-corrected chi connectivity index (χ3v) is 8.41. The summed E-state index contributed by atoms with van der Waals surface area (Å²) in [6.45, 7) is -0.585. The highest BCUT2D eigenvalue weighted by molar-refractivity contribution is 7.90. The lowest BCUT2D eigenvalue weighted by Gasteiger charge is -2.35. The van der Waals surface area contributed by atoms with Gasteiger partial charge in [-0.05, 0) is 37.8 Å². The van der Waals surface area contributed by atoms with Crippen LogP contribution in [0.3, 0.4) is 0 Å². The molecule has 1 saturated heterocycles. The second-order valence-corrected chi connectivity index (χ2v) is 11.4. The Morgan fingerprint density at radius 2 is 1.62 bits per heavy atom. The molecule has 0 amide bonds. The third kappa shape index (κ3) is 6.68. The van der Waals surface area contributed by atoms with Crippen molar-refractivity contribution in [3.8, 4) is 5.75 Å². The Morgan fingerprint density at radius 1 is 0.975 bits per heavy atom. The molecule has 1 aromatic heterocycles.